The molecule has 31 heavy (non-hydrogen) atoms. The van der Waals surface area contributed by atoms with Gasteiger partial charge in [0.2, 0.25) is 0 Å². The minimum Gasteiger partial charge on any atom is -0.493 e. The Morgan fingerprint density at radius 2 is 1.77 bits per heavy atom. The monoisotopic (exact) mass is 544 g/mol. The SMILES string of the molecule is COc1ccc(C2CC(C(=O)c3ccccc3)N=C3C(Br)=CC(Br)=C(C)N32)cc1OC. The Hall–Kier alpha value is -2.38. The maximum Gasteiger partial charge on any atom is 0.187 e. The molecule has 0 aliphatic carbocycles. The summed E-state index contributed by atoms with van der Waals surface area (Å²) in [6.07, 6.45) is 2.52. The summed E-state index contributed by atoms with van der Waals surface area (Å²) in [4.78, 5) is 20.3. The van der Waals surface area contributed by atoms with Gasteiger partial charge < -0.3 is 14.4 Å². The molecule has 0 N–H and O–H groups in total. The zero-order valence-corrected chi connectivity index (χ0v) is 20.6. The van der Waals surface area contributed by atoms with Crippen LogP contribution in [0.3, 0.4) is 0 Å². The van der Waals surface area contributed by atoms with Crippen LogP contribution < -0.4 is 9.47 Å². The van der Waals surface area contributed by atoms with Crippen molar-refractivity contribution in [3.8, 4) is 11.5 Å². The fourth-order valence-electron chi connectivity index (χ4n) is 4.00. The number of allylic oxidation sites excluding steroid dienone is 3. The molecule has 2 unspecified atom stereocenters. The highest BCUT2D eigenvalue weighted by Gasteiger charge is 2.39. The highest BCUT2D eigenvalue weighted by Crippen LogP contribution is 2.43. The van der Waals surface area contributed by atoms with E-state index in [4.69, 9.17) is 14.5 Å². The minimum atomic E-state index is -0.489. The number of carbonyl (C=O) groups excluding carboxylic acids is 1. The molecule has 0 saturated carbocycles. The third-order valence-corrected chi connectivity index (χ3v) is 6.98. The molecule has 0 amide bonds. The van der Waals surface area contributed by atoms with Crippen molar-refractivity contribution >= 4 is 43.5 Å². The molecule has 5 nitrogen and oxygen atoms in total. The van der Waals surface area contributed by atoms with Gasteiger partial charge in [0.1, 0.15) is 11.9 Å². The fourth-order valence-corrected chi connectivity index (χ4v) is 5.25. The number of nitrogens with zero attached hydrogens (tertiary/aromatic N) is 2. The third-order valence-electron chi connectivity index (χ3n) is 5.59. The summed E-state index contributed by atoms with van der Waals surface area (Å²) < 4.78 is 12.7. The van der Waals surface area contributed by atoms with Gasteiger partial charge in [-0.2, -0.15) is 0 Å². The Balaban J connectivity index is 1.81. The predicted molar refractivity (Wildman–Crippen MR) is 129 cm³/mol. The van der Waals surface area contributed by atoms with Crippen molar-refractivity contribution < 1.29 is 14.3 Å². The molecule has 4 rings (SSSR count). The summed E-state index contributed by atoms with van der Waals surface area (Å²) in [6, 6.07) is 14.7. The van der Waals surface area contributed by atoms with E-state index in [2.05, 4.69) is 36.8 Å². The summed E-state index contributed by atoms with van der Waals surface area (Å²) in [5.41, 5.74) is 2.73. The quantitative estimate of drug-likeness (QED) is 0.431. The predicted octanol–water partition coefficient (Wildman–Crippen LogP) is 6.02. The van der Waals surface area contributed by atoms with Crippen molar-refractivity contribution in [2.75, 3.05) is 14.2 Å². The second-order valence-electron chi connectivity index (χ2n) is 7.36. The van der Waals surface area contributed by atoms with Gasteiger partial charge in [0, 0.05) is 22.2 Å². The average Bonchev–Trinajstić information content (AvgIpc) is 2.81. The zero-order valence-electron chi connectivity index (χ0n) is 17.4. The van der Waals surface area contributed by atoms with Gasteiger partial charge in [-0.05, 0) is 62.6 Å². The molecule has 0 bridgehead atoms. The van der Waals surface area contributed by atoms with Gasteiger partial charge >= 0.3 is 0 Å². The number of aliphatic imine (C=N–C) groups is 1. The van der Waals surface area contributed by atoms with Crippen LogP contribution in [0.1, 0.15) is 35.3 Å². The van der Waals surface area contributed by atoms with Gasteiger partial charge in [-0.1, -0.05) is 36.4 Å². The van der Waals surface area contributed by atoms with Crippen molar-refractivity contribution in [2.45, 2.75) is 25.4 Å². The van der Waals surface area contributed by atoms with Gasteiger partial charge in [0.25, 0.3) is 0 Å². The molecule has 0 aromatic heterocycles. The summed E-state index contributed by atoms with van der Waals surface area (Å²) in [5, 5.41) is 0. The maximum atomic E-state index is 13.3. The van der Waals surface area contributed by atoms with Crippen LogP contribution >= 0.6 is 31.9 Å². The van der Waals surface area contributed by atoms with Gasteiger partial charge in [0.15, 0.2) is 17.3 Å². The van der Waals surface area contributed by atoms with Crippen LogP contribution in [0.25, 0.3) is 0 Å². The first-order chi connectivity index (χ1) is 14.9. The van der Waals surface area contributed by atoms with E-state index in [1.54, 1.807) is 14.2 Å². The number of hydrogen-bond donors (Lipinski definition) is 0. The highest BCUT2D eigenvalue weighted by molar-refractivity contribution is 9.12. The molecule has 0 saturated heterocycles. The molecule has 160 valence electrons. The Morgan fingerprint density at radius 1 is 1.06 bits per heavy atom. The number of halogens is 2. The Morgan fingerprint density at radius 3 is 2.45 bits per heavy atom. The van der Waals surface area contributed by atoms with E-state index in [1.165, 1.54) is 0 Å². The average molecular weight is 546 g/mol. The summed E-state index contributed by atoms with van der Waals surface area (Å²) in [6.45, 7) is 2.04. The van der Waals surface area contributed by atoms with Crippen molar-refractivity contribution in [3.63, 3.8) is 0 Å². The molecule has 2 aromatic rings. The third kappa shape index (κ3) is 4.08. The fraction of sp³-hybridized carbons (Fsp3) is 0.250. The van der Waals surface area contributed by atoms with Crippen molar-refractivity contribution in [1.82, 2.24) is 4.90 Å². The molecule has 0 fully saturated rings. The lowest BCUT2D eigenvalue weighted by Crippen LogP contribution is -2.43. The van der Waals surface area contributed by atoms with E-state index in [9.17, 15) is 4.79 Å². The van der Waals surface area contributed by atoms with Crippen LogP contribution in [0.15, 0.2) is 74.3 Å². The second kappa shape index (κ2) is 9.01. The van der Waals surface area contributed by atoms with Crippen molar-refractivity contribution in [2.24, 2.45) is 4.99 Å². The second-order valence-corrected chi connectivity index (χ2v) is 9.07. The zero-order chi connectivity index (χ0) is 22.1. The first-order valence-electron chi connectivity index (χ1n) is 9.86. The van der Waals surface area contributed by atoms with E-state index in [0.29, 0.717) is 23.5 Å². The smallest absolute Gasteiger partial charge is 0.187 e. The Kier molecular flexibility index (Phi) is 6.34. The summed E-state index contributed by atoms with van der Waals surface area (Å²) >= 11 is 7.30. The molecular formula is C24H22Br2N2O3. The number of carbonyl (C=O) groups is 1. The number of hydrogen-bond acceptors (Lipinski definition) is 5. The lowest BCUT2D eigenvalue weighted by Gasteiger charge is -2.42. The number of fused-ring (bicyclic) bond motifs is 1. The lowest BCUT2D eigenvalue weighted by atomic mass is 9.90. The molecule has 7 heteroatoms. The highest BCUT2D eigenvalue weighted by atomic mass is 79.9. The molecule has 2 atom stereocenters. The Bertz CT molecular complexity index is 1110. The molecule has 2 heterocycles. The molecule has 0 radical (unpaired) electrons. The van der Waals surface area contributed by atoms with E-state index in [-0.39, 0.29) is 11.8 Å². The number of ether oxygens (including phenoxy) is 2. The number of Topliss-reactive ketones (excluding diaryl/α,β-unsaturated/α-hetero) is 1. The Labute approximate surface area is 198 Å². The van der Waals surface area contributed by atoms with Crippen LogP contribution in [0.2, 0.25) is 0 Å². The van der Waals surface area contributed by atoms with Gasteiger partial charge in [-0.15, -0.1) is 0 Å². The van der Waals surface area contributed by atoms with Gasteiger partial charge in [-0.3, -0.25) is 9.79 Å². The van der Waals surface area contributed by atoms with E-state index in [1.807, 2.05) is 61.5 Å². The van der Waals surface area contributed by atoms with E-state index < -0.39 is 6.04 Å². The van der Waals surface area contributed by atoms with Crippen molar-refractivity contribution in [3.05, 3.63) is 80.4 Å². The van der Waals surface area contributed by atoms with Gasteiger partial charge in [-0.25, -0.2) is 0 Å². The minimum absolute atomic E-state index is 0.0183. The number of amidine groups is 1. The standard InChI is InChI=1S/C24H22Br2N2O3/c1-14-17(25)12-18(26)24-27-19(23(29)15-7-5-4-6-8-15)13-20(28(14)24)16-9-10-21(30-2)22(11-16)31-3/h4-12,19-20H,13H2,1-3H3. The molecule has 0 spiro atoms. The molecule has 2 aliphatic rings. The maximum absolute atomic E-state index is 13.3. The lowest BCUT2D eigenvalue weighted by molar-refractivity contribution is 0.0939. The van der Waals surface area contributed by atoms with Crippen LogP contribution in [0.4, 0.5) is 0 Å². The largest absolute Gasteiger partial charge is 0.493 e. The summed E-state index contributed by atoms with van der Waals surface area (Å²) in [5.74, 6) is 2.09. The first-order valence-corrected chi connectivity index (χ1v) is 11.4. The van der Waals surface area contributed by atoms with E-state index in [0.717, 1.165) is 26.1 Å². The number of rotatable bonds is 5. The van der Waals surface area contributed by atoms with Crippen LogP contribution in [0.5, 0.6) is 11.5 Å². The number of benzene rings is 2. The first kappa shape index (κ1) is 21.8. The van der Waals surface area contributed by atoms with Crippen LogP contribution in [-0.4, -0.2) is 36.8 Å². The molecule has 2 aromatic carbocycles. The molecule has 2 aliphatic heterocycles. The topological polar surface area (TPSA) is 51.1 Å². The van der Waals surface area contributed by atoms with Crippen LogP contribution in [-0.2, 0) is 0 Å². The molecular weight excluding hydrogens is 524 g/mol. The summed E-state index contributed by atoms with van der Waals surface area (Å²) in [7, 11) is 3.24. The number of ketones is 1. The van der Waals surface area contributed by atoms with Crippen LogP contribution in [0, 0.1) is 0 Å². The van der Waals surface area contributed by atoms with E-state index >= 15 is 0 Å². The normalized spacial score (nSPS) is 20.6. The van der Waals surface area contributed by atoms with Gasteiger partial charge in [0.05, 0.1) is 24.7 Å². The number of methoxy groups -OCH3 is 2. The van der Waals surface area contributed by atoms with Crippen molar-refractivity contribution in [1.29, 1.82) is 0 Å².